The van der Waals surface area contributed by atoms with Crippen LogP contribution in [0.3, 0.4) is 0 Å². The van der Waals surface area contributed by atoms with Gasteiger partial charge in [-0.1, -0.05) is 36.4 Å². The fourth-order valence-electron chi connectivity index (χ4n) is 2.61. The second kappa shape index (κ2) is 9.35. The number of rotatable bonds is 7. The van der Waals surface area contributed by atoms with E-state index in [1.807, 2.05) is 26.8 Å². The molecule has 0 aliphatic carbocycles. The normalized spacial score (nSPS) is 12.2. The van der Waals surface area contributed by atoms with Crippen molar-refractivity contribution in [3.63, 3.8) is 0 Å². The summed E-state index contributed by atoms with van der Waals surface area (Å²) in [6, 6.07) is 14.4. The Labute approximate surface area is 165 Å². The van der Waals surface area contributed by atoms with E-state index in [-0.39, 0.29) is 19.1 Å². The van der Waals surface area contributed by atoms with Gasteiger partial charge in [-0.3, -0.25) is 9.59 Å². The first kappa shape index (κ1) is 21.4. The Bertz CT molecular complexity index is 803. The standard InChI is InChI=1S/C22H27FN2O3/c1-16(21(27)24-22(2,3)4)25(14-17-10-8-9-13-19(17)23)20(26)15-28-18-11-6-5-7-12-18/h5-13,16H,14-15H2,1-4H3,(H,24,27). The zero-order valence-corrected chi connectivity index (χ0v) is 16.7. The first-order valence-corrected chi connectivity index (χ1v) is 9.20. The summed E-state index contributed by atoms with van der Waals surface area (Å²) in [5, 5.41) is 2.86. The van der Waals surface area contributed by atoms with E-state index in [9.17, 15) is 14.0 Å². The molecule has 0 aromatic heterocycles. The Balaban J connectivity index is 2.18. The molecule has 0 saturated heterocycles. The van der Waals surface area contributed by atoms with Gasteiger partial charge in [0, 0.05) is 17.6 Å². The second-order valence-electron chi connectivity index (χ2n) is 7.63. The van der Waals surface area contributed by atoms with Gasteiger partial charge in [-0.2, -0.15) is 0 Å². The van der Waals surface area contributed by atoms with Crippen molar-refractivity contribution < 1.29 is 18.7 Å². The lowest BCUT2D eigenvalue weighted by Crippen LogP contribution is -2.53. The Morgan fingerprint density at radius 2 is 1.68 bits per heavy atom. The van der Waals surface area contributed by atoms with Gasteiger partial charge in [-0.05, 0) is 45.9 Å². The first-order chi connectivity index (χ1) is 13.2. The summed E-state index contributed by atoms with van der Waals surface area (Å²) in [6.07, 6.45) is 0. The second-order valence-corrected chi connectivity index (χ2v) is 7.63. The molecule has 2 aromatic rings. The number of hydrogen-bond acceptors (Lipinski definition) is 3. The minimum Gasteiger partial charge on any atom is -0.484 e. The number of benzene rings is 2. The SMILES string of the molecule is CC(C(=O)NC(C)(C)C)N(Cc1ccccc1F)C(=O)COc1ccccc1. The van der Waals surface area contributed by atoms with E-state index in [2.05, 4.69) is 5.32 Å². The zero-order valence-electron chi connectivity index (χ0n) is 16.7. The molecule has 2 rings (SSSR count). The molecule has 0 bridgehead atoms. The van der Waals surface area contributed by atoms with Crippen molar-refractivity contribution in [1.29, 1.82) is 0 Å². The Kier molecular flexibility index (Phi) is 7.15. The van der Waals surface area contributed by atoms with Crippen LogP contribution in [0.4, 0.5) is 4.39 Å². The molecule has 0 aliphatic heterocycles. The van der Waals surface area contributed by atoms with E-state index in [0.717, 1.165) is 0 Å². The van der Waals surface area contributed by atoms with Crippen LogP contribution in [-0.2, 0) is 16.1 Å². The molecule has 0 heterocycles. The number of carbonyl (C=O) groups excluding carboxylic acids is 2. The van der Waals surface area contributed by atoms with Gasteiger partial charge in [-0.15, -0.1) is 0 Å². The molecule has 1 atom stereocenters. The van der Waals surface area contributed by atoms with Gasteiger partial charge in [0.25, 0.3) is 5.91 Å². The van der Waals surface area contributed by atoms with Crippen LogP contribution in [0.15, 0.2) is 54.6 Å². The molecular weight excluding hydrogens is 359 g/mol. The van der Waals surface area contributed by atoms with Crippen LogP contribution in [-0.4, -0.2) is 34.9 Å². The minimum atomic E-state index is -0.786. The van der Waals surface area contributed by atoms with Crippen molar-refractivity contribution in [3.05, 3.63) is 66.0 Å². The topological polar surface area (TPSA) is 58.6 Å². The largest absolute Gasteiger partial charge is 0.484 e. The molecule has 1 N–H and O–H groups in total. The van der Waals surface area contributed by atoms with Crippen molar-refractivity contribution in [2.45, 2.75) is 45.8 Å². The van der Waals surface area contributed by atoms with E-state index in [1.165, 1.54) is 11.0 Å². The third kappa shape index (κ3) is 6.37. The average molecular weight is 386 g/mol. The third-order valence-corrected chi connectivity index (χ3v) is 4.07. The van der Waals surface area contributed by atoms with Crippen LogP contribution < -0.4 is 10.1 Å². The highest BCUT2D eigenvalue weighted by Crippen LogP contribution is 2.15. The quantitative estimate of drug-likeness (QED) is 0.792. The van der Waals surface area contributed by atoms with Gasteiger partial charge in [0.2, 0.25) is 5.91 Å². The molecule has 1 unspecified atom stereocenters. The van der Waals surface area contributed by atoms with Crippen molar-refractivity contribution in [1.82, 2.24) is 10.2 Å². The predicted octanol–water partition coefficient (Wildman–Crippen LogP) is 3.54. The maximum absolute atomic E-state index is 14.1. The predicted molar refractivity (Wildman–Crippen MR) is 106 cm³/mol. The van der Waals surface area contributed by atoms with Crippen molar-refractivity contribution in [3.8, 4) is 5.75 Å². The number of para-hydroxylation sites is 1. The van der Waals surface area contributed by atoms with Gasteiger partial charge < -0.3 is 15.0 Å². The summed E-state index contributed by atoms with van der Waals surface area (Å²) in [5.74, 6) is -0.582. The number of ether oxygens (including phenoxy) is 1. The maximum Gasteiger partial charge on any atom is 0.261 e. The van der Waals surface area contributed by atoms with Crippen molar-refractivity contribution in [2.75, 3.05) is 6.61 Å². The highest BCUT2D eigenvalue weighted by atomic mass is 19.1. The number of amides is 2. The lowest BCUT2D eigenvalue weighted by atomic mass is 10.1. The molecule has 150 valence electrons. The van der Waals surface area contributed by atoms with Crippen LogP contribution in [0, 0.1) is 5.82 Å². The monoisotopic (exact) mass is 386 g/mol. The Morgan fingerprint density at radius 3 is 2.29 bits per heavy atom. The van der Waals surface area contributed by atoms with Gasteiger partial charge in [0.05, 0.1) is 0 Å². The van der Waals surface area contributed by atoms with Crippen LogP contribution in [0.1, 0.15) is 33.3 Å². The van der Waals surface area contributed by atoms with Crippen LogP contribution in [0.25, 0.3) is 0 Å². The van der Waals surface area contributed by atoms with Crippen LogP contribution in [0.2, 0.25) is 0 Å². The number of halogens is 1. The summed E-state index contributed by atoms with van der Waals surface area (Å²) in [7, 11) is 0. The number of hydrogen-bond donors (Lipinski definition) is 1. The van der Waals surface area contributed by atoms with E-state index in [4.69, 9.17) is 4.74 Å². The molecule has 28 heavy (non-hydrogen) atoms. The van der Waals surface area contributed by atoms with Crippen molar-refractivity contribution in [2.24, 2.45) is 0 Å². The molecule has 0 saturated carbocycles. The fraction of sp³-hybridized carbons (Fsp3) is 0.364. The molecular formula is C22H27FN2O3. The van der Waals surface area contributed by atoms with E-state index < -0.39 is 23.3 Å². The summed E-state index contributed by atoms with van der Waals surface area (Å²) < 4.78 is 19.7. The fourth-order valence-corrected chi connectivity index (χ4v) is 2.61. The van der Waals surface area contributed by atoms with Gasteiger partial charge >= 0.3 is 0 Å². The minimum absolute atomic E-state index is 0.0254. The van der Waals surface area contributed by atoms with Gasteiger partial charge in [-0.25, -0.2) is 4.39 Å². The third-order valence-electron chi connectivity index (χ3n) is 4.07. The highest BCUT2D eigenvalue weighted by molar-refractivity contribution is 5.88. The Morgan fingerprint density at radius 1 is 1.07 bits per heavy atom. The molecule has 0 fully saturated rings. The molecule has 0 radical (unpaired) electrons. The summed E-state index contributed by atoms with van der Waals surface area (Å²) >= 11 is 0. The molecule has 2 aromatic carbocycles. The van der Waals surface area contributed by atoms with Crippen LogP contribution in [0.5, 0.6) is 5.75 Å². The van der Waals surface area contributed by atoms with E-state index in [0.29, 0.717) is 11.3 Å². The summed E-state index contributed by atoms with van der Waals surface area (Å²) in [5.41, 5.74) is -0.107. The lowest BCUT2D eigenvalue weighted by molar-refractivity contribution is -0.142. The summed E-state index contributed by atoms with van der Waals surface area (Å²) in [4.78, 5) is 26.8. The van der Waals surface area contributed by atoms with E-state index >= 15 is 0 Å². The number of carbonyl (C=O) groups is 2. The molecule has 5 nitrogen and oxygen atoms in total. The van der Waals surface area contributed by atoms with Gasteiger partial charge in [0.1, 0.15) is 17.6 Å². The maximum atomic E-state index is 14.1. The smallest absolute Gasteiger partial charge is 0.261 e. The molecule has 2 amide bonds. The number of nitrogens with one attached hydrogen (secondary N) is 1. The molecule has 6 heteroatoms. The van der Waals surface area contributed by atoms with Gasteiger partial charge in [0.15, 0.2) is 6.61 Å². The lowest BCUT2D eigenvalue weighted by Gasteiger charge is -2.31. The Hall–Kier alpha value is -2.89. The summed E-state index contributed by atoms with van der Waals surface area (Å²) in [6.45, 7) is 6.94. The van der Waals surface area contributed by atoms with Crippen LogP contribution >= 0.6 is 0 Å². The molecule has 0 spiro atoms. The van der Waals surface area contributed by atoms with Crippen molar-refractivity contribution >= 4 is 11.8 Å². The zero-order chi connectivity index (χ0) is 20.7. The average Bonchev–Trinajstić information content (AvgIpc) is 2.64. The highest BCUT2D eigenvalue weighted by Gasteiger charge is 2.29. The van der Waals surface area contributed by atoms with E-state index in [1.54, 1.807) is 49.4 Å². The molecule has 0 aliphatic rings. The number of nitrogens with zero attached hydrogens (tertiary/aromatic N) is 1. The first-order valence-electron chi connectivity index (χ1n) is 9.20.